The molecule has 1 N–H and O–H groups in total. The summed E-state index contributed by atoms with van der Waals surface area (Å²) in [5, 5.41) is 2.53. The minimum atomic E-state index is -4.37. The summed E-state index contributed by atoms with van der Waals surface area (Å²) >= 11 is 0. The Morgan fingerprint density at radius 2 is 2.09 bits per heavy atom. The number of carbonyl (C=O) groups excluding carboxylic acids is 1. The van der Waals surface area contributed by atoms with Crippen molar-refractivity contribution in [1.82, 2.24) is 5.32 Å². The van der Waals surface area contributed by atoms with E-state index < -0.39 is 17.9 Å². The zero-order valence-electron chi connectivity index (χ0n) is 5.74. The van der Waals surface area contributed by atoms with Crippen molar-refractivity contribution < 1.29 is 18.0 Å². The van der Waals surface area contributed by atoms with Gasteiger partial charge in [0.25, 0.3) is 0 Å². The number of alkyl halides is 3. The minimum Gasteiger partial charge on any atom is -0.315 e. The predicted octanol–water partition coefficient (Wildman–Crippen LogP) is 0.727. The third-order valence-electron chi connectivity index (χ3n) is 1.68. The van der Waals surface area contributed by atoms with E-state index in [2.05, 4.69) is 5.32 Å². The Balaban J connectivity index is 2.62. The molecule has 0 aromatic carbocycles. The Morgan fingerprint density at radius 3 is 2.45 bits per heavy atom. The molecule has 0 aromatic rings. The molecule has 1 fully saturated rings. The van der Waals surface area contributed by atoms with Gasteiger partial charge in [0.2, 0.25) is 0 Å². The first-order valence-electron chi connectivity index (χ1n) is 3.32. The number of Topliss-reactive ketones (excluding diaryl/α,β-unsaturated/α-hetero) is 1. The fourth-order valence-electron chi connectivity index (χ4n) is 1.04. The van der Waals surface area contributed by atoms with Gasteiger partial charge in [-0.1, -0.05) is 0 Å². The van der Waals surface area contributed by atoms with Gasteiger partial charge in [0.15, 0.2) is 0 Å². The largest absolute Gasteiger partial charge is 0.399 e. The molecule has 0 radical (unpaired) electrons. The number of hydrogen-bond donors (Lipinski definition) is 1. The van der Waals surface area contributed by atoms with Crippen LogP contribution in [0.5, 0.6) is 0 Å². The summed E-state index contributed by atoms with van der Waals surface area (Å²) in [5.74, 6) is -2.48. The Bertz CT molecular complexity index is 166. The molecule has 0 amide bonds. The van der Waals surface area contributed by atoms with E-state index in [9.17, 15) is 18.0 Å². The lowest BCUT2D eigenvalue weighted by Crippen LogP contribution is -2.44. The highest BCUT2D eigenvalue weighted by atomic mass is 19.4. The molecule has 1 atom stereocenters. The van der Waals surface area contributed by atoms with Gasteiger partial charge in [-0.3, -0.25) is 4.79 Å². The number of halogens is 3. The molecule has 5 heteroatoms. The van der Waals surface area contributed by atoms with Crippen molar-refractivity contribution in [2.45, 2.75) is 12.6 Å². The maximum atomic E-state index is 11.9. The molecule has 1 heterocycles. The average Bonchev–Trinajstić information content (AvgIpc) is 1.86. The highest BCUT2D eigenvalue weighted by Crippen LogP contribution is 2.28. The first-order chi connectivity index (χ1) is 5.02. The Hall–Kier alpha value is -0.580. The van der Waals surface area contributed by atoms with Crippen molar-refractivity contribution in [3.63, 3.8) is 0 Å². The van der Waals surface area contributed by atoms with Crippen LogP contribution in [0.15, 0.2) is 0 Å². The molecule has 0 bridgehead atoms. The van der Waals surface area contributed by atoms with Crippen molar-refractivity contribution in [3.8, 4) is 0 Å². The van der Waals surface area contributed by atoms with Gasteiger partial charge < -0.3 is 5.32 Å². The Labute approximate surface area is 61.8 Å². The minimum absolute atomic E-state index is 0.00975. The van der Waals surface area contributed by atoms with E-state index in [1.165, 1.54) is 0 Å². The number of carbonyl (C=O) groups is 1. The SMILES string of the molecule is O=C1CCNCC1C(F)(F)F. The highest BCUT2D eigenvalue weighted by molar-refractivity contribution is 5.82. The quantitative estimate of drug-likeness (QED) is 0.576. The fraction of sp³-hybridized carbons (Fsp3) is 0.833. The molecule has 1 aliphatic rings. The van der Waals surface area contributed by atoms with Crippen LogP contribution >= 0.6 is 0 Å². The van der Waals surface area contributed by atoms with Gasteiger partial charge in [-0.2, -0.15) is 13.2 Å². The molecule has 1 saturated heterocycles. The maximum absolute atomic E-state index is 11.9. The van der Waals surface area contributed by atoms with E-state index in [1.807, 2.05) is 0 Å². The van der Waals surface area contributed by atoms with Gasteiger partial charge in [-0.05, 0) is 0 Å². The molecule has 0 spiro atoms. The molecule has 64 valence electrons. The molecule has 1 rings (SSSR count). The molecular formula is C6H8F3NO. The lowest BCUT2D eigenvalue weighted by Gasteiger charge is -2.23. The highest BCUT2D eigenvalue weighted by Gasteiger charge is 2.44. The van der Waals surface area contributed by atoms with E-state index in [-0.39, 0.29) is 13.0 Å². The Morgan fingerprint density at radius 1 is 1.45 bits per heavy atom. The lowest BCUT2D eigenvalue weighted by atomic mass is 9.98. The first kappa shape index (κ1) is 8.52. The standard InChI is InChI=1S/C6H8F3NO/c7-6(8,9)4-3-10-2-1-5(4)11/h4,10H,1-3H2. The summed E-state index contributed by atoms with van der Waals surface area (Å²) in [6.45, 7) is 0.105. The number of rotatable bonds is 0. The van der Waals surface area contributed by atoms with Crippen molar-refractivity contribution in [3.05, 3.63) is 0 Å². The zero-order valence-corrected chi connectivity index (χ0v) is 5.74. The summed E-state index contributed by atoms with van der Waals surface area (Å²) in [6, 6.07) is 0. The zero-order chi connectivity index (χ0) is 8.48. The molecule has 0 saturated carbocycles. The van der Waals surface area contributed by atoms with Crippen LogP contribution in [0.25, 0.3) is 0 Å². The van der Waals surface area contributed by atoms with Gasteiger partial charge >= 0.3 is 6.18 Å². The van der Waals surface area contributed by atoms with Crippen molar-refractivity contribution in [2.75, 3.05) is 13.1 Å². The monoisotopic (exact) mass is 167 g/mol. The molecule has 11 heavy (non-hydrogen) atoms. The normalized spacial score (nSPS) is 27.2. The first-order valence-corrected chi connectivity index (χ1v) is 3.32. The van der Waals surface area contributed by atoms with E-state index in [0.717, 1.165) is 0 Å². The molecule has 0 aromatic heterocycles. The van der Waals surface area contributed by atoms with Crippen LogP contribution in [0.1, 0.15) is 6.42 Å². The van der Waals surface area contributed by atoms with Gasteiger partial charge in [-0.15, -0.1) is 0 Å². The van der Waals surface area contributed by atoms with Crippen LogP contribution in [0, 0.1) is 5.92 Å². The van der Waals surface area contributed by atoms with Gasteiger partial charge in [-0.25, -0.2) is 0 Å². The number of hydrogen-bond acceptors (Lipinski definition) is 2. The second kappa shape index (κ2) is 2.81. The Kier molecular flexibility index (Phi) is 2.17. The number of nitrogens with one attached hydrogen (secondary N) is 1. The van der Waals surface area contributed by atoms with E-state index >= 15 is 0 Å². The smallest absolute Gasteiger partial charge is 0.315 e. The van der Waals surface area contributed by atoms with Crippen molar-refractivity contribution >= 4 is 5.78 Å². The van der Waals surface area contributed by atoms with E-state index in [0.29, 0.717) is 6.54 Å². The van der Waals surface area contributed by atoms with Crippen molar-refractivity contribution in [2.24, 2.45) is 5.92 Å². The summed E-state index contributed by atoms with van der Waals surface area (Å²) in [5.41, 5.74) is 0. The average molecular weight is 167 g/mol. The second-order valence-electron chi connectivity index (χ2n) is 2.51. The summed E-state index contributed by atoms with van der Waals surface area (Å²) < 4.78 is 35.8. The van der Waals surface area contributed by atoms with Gasteiger partial charge in [0.05, 0.1) is 0 Å². The van der Waals surface area contributed by atoms with Crippen molar-refractivity contribution in [1.29, 1.82) is 0 Å². The third-order valence-corrected chi connectivity index (χ3v) is 1.68. The second-order valence-corrected chi connectivity index (χ2v) is 2.51. The van der Waals surface area contributed by atoms with Crippen LogP contribution in [0.3, 0.4) is 0 Å². The lowest BCUT2D eigenvalue weighted by molar-refractivity contribution is -0.182. The molecule has 0 aliphatic carbocycles. The van der Waals surface area contributed by atoms with Crippen LogP contribution in [-0.4, -0.2) is 25.0 Å². The molecule has 2 nitrogen and oxygen atoms in total. The number of ketones is 1. The number of piperidine rings is 1. The van der Waals surface area contributed by atoms with E-state index in [1.54, 1.807) is 0 Å². The maximum Gasteiger partial charge on any atom is 0.399 e. The predicted molar refractivity (Wildman–Crippen MR) is 32.0 cm³/mol. The summed E-state index contributed by atoms with van der Waals surface area (Å²) in [7, 11) is 0. The van der Waals surface area contributed by atoms with E-state index in [4.69, 9.17) is 0 Å². The summed E-state index contributed by atoms with van der Waals surface area (Å²) in [4.78, 5) is 10.7. The van der Waals surface area contributed by atoms with Gasteiger partial charge in [0.1, 0.15) is 11.7 Å². The summed E-state index contributed by atoms with van der Waals surface area (Å²) in [6.07, 6.45) is -4.38. The fourth-order valence-corrected chi connectivity index (χ4v) is 1.04. The van der Waals surface area contributed by atoms with Crippen LogP contribution < -0.4 is 5.32 Å². The van der Waals surface area contributed by atoms with Crippen LogP contribution in [-0.2, 0) is 4.79 Å². The topological polar surface area (TPSA) is 29.1 Å². The third kappa shape index (κ3) is 1.92. The van der Waals surface area contributed by atoms with Crippen LogP contribution in [0.2, 0.25) is 0 Å². The molecule has 1 aliphatic heterocycles. The molecular weight excluding hydrogens is 159 g/mol. The van der Waals surface area contributed by atoms with Gasteiger partial charge in [0, 0.05) is 19.5 Å². The van der Waals surface area contributed by atoms with Crippen LogP contribution in [0.4, 0.5) is 13.2 Å². The molecule has 1 unspecified atom stereocenters.